The first-order chi connectivity index (χ1) is 9.08. The highest BCUT2D eigenvalue weighted by atomic mass is 16.3. The molecule has 0 radical (unpaired) electrons. The number of likely N-dealkylation sites (N-methyl/N-ethyl adjacent to an activating group) is 1. The number of nitrogens with two attached hydrogens (primary N) is 1. The molecule has 100 valence electrons. The monoisotopic (exact) mass is 258 g/mol. The van der Waals surface area contributed by atoms with Gasteiger partial charge in [0.05, 0.1) is 12.7 Å². The van der Waals surface area contributed by atoms with Crippen molar-refractivity contribution in [1.82, 2.24) is 4.90 Å². The molecule has 0 bridgehead atoms. The van der Waals surface area contributed by atoms with Crippen LogP contribution in [-0.2, 0) is 17.8 Å². The minimum absolute atomic E-state index is 0.0403. The fourth-order valence-corrected chi connectivity index (χ4v) is 1.91. The Morgan fingerprint density at radius 2 is 2.00 bits per heavy atom. The molecule has 1 aromatic carbocycles. The van der Waals surface area contributed by atoms with Crippen molar-refractivity contribution < 1.29 is 9.21 Å². The van der Waals surface area contributed by atoms with E-state index in [2.05, 4.69) is 0 Å². The molecule has 0 aliphatic heterocycles. The molecule has 1 amide bonds. The minimum atomic E-state index is 0.0403. The summed E-state index contributed by atoms with van der Waals surface area (Å²) >= 11 is 0. The number of furan rings is 1. The average molecular weight is 258 g/mol. The molecular formula is C15H18N2O2. The van der Waals surface area contributed by atoms with Crippen molar-refractivity contribution in [3.05, 3.63) is 53.5 Å². The van der Waals surface area contributed by atoms with Gasteiger partial charge >= 0.3 is 0 Å². The molecule has 0 fully saturated rings. The lowest BCUT2D eigenvalue weighted by Crippen LogP contribution is -2.28. The molecule has 0 saturated carbocycles. The van der Waals surface area contributed by atoms with E-state index in [0.29, 0.717) is 18.7 Å². The van der Waals surface area contributed by atoms with Crippen molar-refractivity contribution in [2.75, 3.05) is 12.8 Å². The molecule has 19 heavy (non-hydrogen) atoms. The maximum Gasteiger partial charge on any atom is 0.227 e. The van der Waals surface area contributed by atoms with Crippen molar-refractivity contribution in [3.63, 3.8) is 0 Å². The van der Waals surface area contributed by atoms with E-state index in [-0.39, 0.29) is 5.91 Å². The number of anilines is 1. The van der Waals surface area contributed by atoms with Crippen molar-refractivity contribution in [2.45, 2.75) is 19.9 Å². The van der Waals surface area contributed by atoms with Crippen LogP contribution in [0, 0.1) is 6.92 Å². The third-order valence-electron chi connectivity index (χ3n) is 3.20. The van der Waals surface area contributed by atoms with E-state index < -0.39 is 0 Å². The van der Waals surface area contributed by atoms with Crippen LogP contribution in [-0.4, -0.2) is 17.9 Å². The molecule has 0 aliphatic rings. The minimum Gasteiger partial charge on any atom is -0.469 e. The molecule has 4 heteroatoms. The van der Waals surface area contributed by atoms with Crippen LogP contribution in [0.25, 0.3) is 0 Å². The molecule has 0 saturated heterocycles. The Balaban J connectivity index is 2.00. The highest BCUT2D eigenvalue weighted by Gasteiger charge is 2.13. The topological polar surface area (TPSA) is 59.5 Å². The van der Waals surface area contributed by atoms with Gasteiger partial charge in [0.1, 0.15) is 5.76 Å². The third-order valence-corrected chi connectivity index (χ3v) is 3.20. The molecule has 2 rings (SSSR count). The molecule has 4 nitrogen and oxygen atoms in total. The van der Waals surface area contributed by atoms with Crippen LogP contribution in [0.5, 0.6) is 0 Å². The lowest BCUT2D eigenvalue weighted by molar-refractivity contribution is -0.129. The van der Waals surface area contributed by atoms with Gasteiger partial charge in [0.2, 0.25) is 5.91 Å². The van der Waals surface area contributed by atoms with E-state index in [1.807, 2.05) is 37.3 Å². The van der Waals surface area contributed by atoms with Gasteiger partial charge in [-0.25, -0.2) is 0 Å². The maximum atomic E-state index is 12.1. The fourth-order valence-electron chi connectivity index (χ4n) is 1.91. The normalized spacial score (nSPS) is 10.4. The number of benzene rings is 1. The van der Waals surface area contributed by atoms with Crippen LogP contribution < -0.4 is 5.73 Å². The van der Waals surface area contributed by atoms with Gasteiger partial charge in [-0.15, -0.1) is 0 Å². The summed E-state index contributed by atoms with van der Waals surface area (Å²) in [6, 6.07) is 9.32. The predicted octanol–water partition coefficient (Wildman–Crippen LogP) is 2.37. The standard InChI is InChI=1S/C15H18N2O2/c1-11-13(7-8-19-11)10-17(2)15(18)9-12-5-3-4-6-14(12)16/h3-8H,9-10,16H2,1-2H3. The van der Waals surface area contributed by atoms with Crippen molar-refractivity contribution in [1.29, 1.82) is 0 Å². The summed E-state index contributed by atoms with van der Waals surface area (Å²) < 4.78 is 5.22. The smallest absolute Gasteiger partial charge is 0.227 e. The molecule has 0 unspecified atom stereocenters. The summed E-state index contributed by atoms with van der Waals surface area (Å²) in [6.07, 6.45) is 1.96. The Kier molecular flexibility index (Phi) is 3.90. The second-order valence-electron chi connectivity index (χ2n) is 4.63. The number of nitrogen functional groups attached to an aromatic ring is 1. The van der Waals surface area contributed by atoms with Gasteiger partial charge < -0.3 is 15.1 Å². The lowest BCUT2D eigenvalue weighted by atomic mass is 10.1. The van der Waals surface area contributed by atoms with E-state index in [9.17, 15) is 4.79 Å². The van der Waals surface area contributed by atoms with Gasteiger partial charge in [0, 0.05) is 24.8 Å². The SMILES string of the molecule is Cc1occc1CN(C)C(=O)Cc1ccccc1N. The summed E-state index contributed by atoms with van der Waals surface area (Å²) in [4.78, 5) is 13.8. The zero-order valence-electron chi connectivity index (χ0n) is 11.2. The average Bonchev–Trinajstić information content (AvgIpc) is 2.78. The lowest BCUT2D eigenvalue weighted by Gasteiger charge is -2.17. The zero-order valence-corrected chi connectivity index (χ0v) is 11.2. The van der Waals surface area contributed by atoms with Crippen LogP contribution in [0.4, 0.5) is 5.69 Å². The third kappa shape index (κ3) is 3.16. The number of aryl methyl sites for hydroxylation is 1. The van der Waals surface area contributed by atoms with Crippen LogP contribution >= 0.6 is 0 Å². The van der Waals surface area contributed by atoms with E-state index in [1.165, 1.54) is 0 Å². The number of amides is 1. The highest BCUT2D eigenvalue weighted by molar-refractivity contribution is 5.80. The first kappa shape index (κ1) is 13.2. The van der Waals surface area contributed by atoms with Gasteiger partial charge in [0.15, 0.2) is 0 Å². The number of hydrogen-bond acceptors (Lipinski definition) is 3. The Labute approximate surface area is 112 Å². The van der Waals surface area contributed by atoms with Crippen molar-refractivity contribution in [3.8, 4) is 0 Å². The van der Waals surface area contributed by atoms with Gasteiger partial charge in [-0.2, -0.15) is 0 Å². The number of para-hydroxylation sites is 1. The molecular weight excluding hydrogens is 240 g/mol. The number of nitrogens with zero attached hydrogens (tertiary/aromatic N) is 1. The first-order valence-corrected chi connectivity index (χ1v) is 6.18. The molecule has 2 aromatic rings. The predicted molar refractivity (Wildman–Crippen MR) is 74.5 cm³/mol. The van der Waals surface area contributed by atoms with E-state index >= 15 is 0 Å². The summed E-state index contributed by atoms with van der Waals surface area (Å²) in [5, 5.41) is 0. The number of carbonyl (C=O) groups is 1. The Bertz CT molecular complexity index is 575. The van der Waals surface area contributed by atoms with Crippen molar-refractivity contribution >= 4 is 11.6 Å². The van der Waals surface area contributed by atoms with Crippen LogP contribution in [0.2, 0.25) is 0 Å². The summed E-state index contributed by atoms with van der Waals surface area (Å²) in [5.41, 5.74) is 8.39. The van der Waals surface area contributed by atoms with Gasteiger partial charge in [0.25, 0.3) is 0 Å². The molecule has 1 aromatic heterocycles. The number of rotatable bonds is 4. The molecule has 0 atom stereocenters. The Morgan fingerprint density at radius 3 is 2.63 bits per heavy atom. The molecule has 1 heterocycles. The quantitative estimate of drug-likeness (QED) is 0.856. The van der Waals surface area contributed by atoms with Gasteiger partial charge in [-0.1, -0.05) is 18.2 Å². The van der Waals surface area contributed by atoms with Crippen molar-refractivity contribution in [2.24, 2.45) is 0 Å². The molecule has 2 N–H and O–H groups in total. The van der Waals surface area contributed by atoms with Crippen LogP contribution in [0.1, 0.15) is 16.9 Å². The second-order valence-corrected chi connectivity index (χ2v) is 4.63. The zero-order chi connectivity index (χ0) is 13.8. The van der Waals surface area contributed by atoms with Gasteiger partial charge in [-0.3, -0.25) is 4.79 Å². The summed E-state index contributed by atoms with van der Waals surface area (Å²) in [6.45, 7) is 2.44. The van der Waals surface area contributed by atoms with Gasteiger partial charge in [-0.05, 0) is 24.6 Å². The Morgan fingerprint density at radius 1 is 1.26 bits per heavy atom. The highest BCUT2D eigenvalue weighted by Crippen LogP contribution is 2.14. The van der Waals surface area contributed by atoms with E-state index in [4.69, 9.17) is 10.2 Å². The molecule has 0 spiro atoms. The van der Waals surface area contributed by atoms with E-state index in [1.54, 1.807) is 18.2 Å². The molecule has 0 aliphatic carbocycles. The van der Waals surface area contributed by atoms with Crippen LogP contribution in [0.15, 0.2) is 41.0 Å². The first-order valence-electron chi connectivity index (χ1n) is 6.18. The van der Waals surface area contributed by atoms with Crippen LogP contribution in [0.3, 0.4) is 0 Å². The largest absolute Gasteiger partial charge is 0.469 e. The maximum absolute atomic E-state index is 12.1. The Hall–Kier alpha value is -2.23. The second kappa shape index (κ2) is 5.61. The summed E-state index contributed by atoms with van der Waals surface area (Å²) in [7, 11) is 1.79. The number of carbonyl (C=O) groups excluding carboxylic acids is 1. The summed E-state index contributed by atoms with van der Waals surface area (Å²) in [5.74, 6) is 0.886. The number of hydrogen-bond donors (Lipinski definition) is 1. The fraction of sp³-hybridized carbons (Fsp3) is 0.267. The van der Waals surface area contributed by atoms with E-state index in [0.717, 1.165) is 16.9 Å².